The number of halogens is 3. The Hall–Kier alpha value is -3.42. The van der Waals surface area contributed by atoms with E-state index in [1.807, 2.05) is 33.8 Å². The van der Waals surface area contributed by atoms with E-state index in [0.717, 1.165) is 18.2 Å². The number of nitrogens with zero attached hydrogens (tertiary/aromatic N) is 1. The van der Waals surface area contributed by atoms with Gasteiger partial charge in [-0.05, 0) is 17.7 Å². The van der Waals surface area contributed by atoms with Crippen molar-refractivity contribution in [2.45, 2.75) is 60.7 Å². The average Bonchev–Trinajstić information content (AvgIpc) is 2.85. The van der Waals surface area contributed by atoms with Gasteiger partial charge in [0.1, 0.15) is 11.5 Å². The predicted molar refractivity (Wildman–Crippen MR) is 132 cm³/mol. The molecule has 1 heterocycles. The molecule has 34 heavy (non-hydrogen) atoms. The number of hydrogen-bond acceptors (Lipinski definition) is 3. The maximum absolute atomic E-state index is 12.6. The van der Waals surface area contributed by atoms with Crippen LogP contribution in [0.5, 0.6) is 0 Å². The molecule has 0 spiro atoms. The van der Waals surface area contributed by atoms with Crippen molar-refractivity contribution < 1.29 is 18.0 Å². The molecule has 0 atom stereocenters. The summed E-state index contributed by atoms with van der Waals surface area (Å²) in [4.78, 5) is 30.8. The Morgan fingerprint density at radius 1 is 0.941 bits per heavy atom. The molecule has 3 aromatic rings. The molecule has 186 valence electrons. The van der Waals surface area contributed by atoms with Crippen molar-refractivity contribution in [2.24, 2.45) is 0 Å². The second-order valence-electron chi connectivity index (χ2n) is 6.43. The predicted octanol–water partition coefficient (Wildman–Crippen LogP) is 6.85. The van der Waals surface area contributed by atoms with Crippen LogP contribution in [0.2, 0.25) is 0 Å². The lowest BCUT2D eigenvalue weighted by molar-refractivity contribution is -0.137. The molecule has 1 aromatic heterocycles. The summed E-state index contributed by atoms with van der Waals surface area (Å²) in [5.41, 5.74) is -0.189. The fourth-order valence-electron chi connectivity index (χ4n) is 2.39. The van der Waals surface area contributed by atoms with Gasteiger partial charge in [-0.3, -0.25) is 9.59 Å². The highest BCUT2D eigenvalue weighted by molar-refractivity contribution is 5.92. The third-order valence-electron chi connectivity index (χ3n) is 3.76. The van der Waals surface area contributed by atoms with Gasteiger partial charge in [-0.15, -0.1) is 0 Å². The standard InChI is InChI=1S/C19H14F3N3O2.C3H8.2C2H6/c20-19(21,22)14-8-6-12(7-9-14)11-23-18(27)15-10-16(26)25-17(24-15)13-4-2-1-3-5-13;1-3-2;2*1-2/h1-10H,11H2,(H,23,27)(H,24,25,26);3H2,1-2H3;2*1-2H3. The molecule has 0 radical (unpaired) electrons. The van der Waals surface area contributed by atoms with Crippen LogP contribution in [-0.2, 0) is 12.7 Å². The minimum absolute atomic E-state index is 0.00607. The topological polar surface area (TPSA) is 74.8 Å². The van der Waals surface area contributed by atoms with Gasteiger partial charge in [0.15, 0.2) is 0 Å². The van der Waals surface area contributed by atoms with E-state index < -0.39 is 23.2 Å². The summed E-state index contributed by atoms with van der Waals surface area (Å²) in [5, 5.41) is 2.54. The first kappa shape index (κ1) is 30.6. The first-order valence-electron chi connectivity index (χ1n) is 11.4. The maximum atomic E-state index is 12.6. The molecule has 0 saturated carbocycles. The third-order valence-corrected chi connectivity index (χ3v) is 3.76. The van der Waals surface area contributed by atoms with Gasteiger partial charge in [0, 0.05) is 18.2 Å². The van der Waals surface area contributed by atoms with E-state index in [2.05, 4.69) is 29.1 Å². The van der Waals surface area contributed by atoms with Crippen molar-refractivity contribution in [3.63, 3.8) is 0 Å². The molecule has 2 aromatic carbocycles. The number of amides is 1. The van der Waals surface area contributed by atoms with Gasteiger partial charge in [0.05, 0.1) is 5.56 Å². The van der Waals surface area contributed by atoms with Crippen LogP contribution in [0.4, 0.5) is 13.2 Å². The summed E-state index contributed by atoms with van der Waals surface area (Å²) in [6, 6.07) is 14.3. The van der Waals surface area contributed by atoms with Crippen molar-refractivity contribution in [3.8, 4) is 11.4 Å². The third kappa shape index (κ3) is 10.5. The SMILES string of the molecule is CC.CC.CCC.O=C(NCc1ccc(C(F)(F)F)cc1)c1cc(=O)[nH]c(-c2ccccc2)n1. The average molecular weight is 478 g/mol. The van der Waals surface area contributed by atoms with Gasteiger partial charge < -0.3 is 10.3 Å². The van der Waals surface area contributed by atoms with Crippen molar-refractivity contribution in [3.05, 3.63) is 87.8 Å². The lowest BCUT2D eigenvalue weighted by atomic mass is 10.1. The Bertz CT molecular complexity index is 1020. The number of aromatic amines is 1. The van der Waals surface area contributed by atoms with Crippen LogP contribution in [0.1, 0.15) is 69.6 Å². The highest BCUT2D eigenvalue weighted by Gasteiger charge is 2.29. The first-order valence-corrected chi connectivity index (χ1v) is 11.4. The monoisotopic (exact) mass is 477 g/mol. The molecule has 0 aliphatic rings. The summed E-state index contributed by atoms with van der Waals surface area (Å²) >= 11 is 0. The van der Waals surface area contributed by atoms with Crippen molar-refractivity contribution in [2.75, 3.05) is 0 Å². The van der Waals surface area contributed by atoms with Gasteiger partial charge in [0.2, 0.25) is 0 Å². The summed E-state index contributed by atoms with van der Waals surface area (Å²) in [5.74, 6) is -0.346. The summed E-state index contributed by atoms with van der Waals surface area (Å²) < 4.78 is 37.7. The van der Waals surface area contributed by atoms with Gasteiger partial charge >= 0.3 is 6.18 Å². The molecule has 2 N–H and O–H groups in total. The van der Waals surface area contributed by atoms with E-state index in [1.54, 1.807) is 24.3 Å². The fourth-order valence-corrected chi connectivity index (χ4v) is 2.39. The van der Waals surface area contributed by atoms with Gasteiger partial charge in [-0.1, -0.05) is 90.4 Å². The van der Waals surface area contributed by atoms with Crippen LogP contribution in [0.15, 0.2) is 65.5 Å². The number of carbonyl (C=O) groups excluding carboxylic acids is 1. The maximum Gasteiger partial charge on any atom is 0.416 e. The zero-order chi connectivity index (χ0) is 26.1. The smallest absolute Gasteiger partial charge is 0.347 e. The first-order chi connectivity index (χ1) is 16.2. The summed E-state index contributed by atoms with van der Waals surface area (Å²) in [6.07, 6.45) is -3.16. The quantitative estimate of drug-likeness (QED) is 0.431. The minimum Gasteiger partial charge on any atom is -0.347 e. The molecule has 1 amide bonds. The molecule has 0 aliphatic carbocycles. The normalized spacial score (nSPS) is 9.79. The van der Waals surface area contributed by atoms with Crippen LogP contribution in [0, 0.1) is 0 Å². The number of benzene rings is 2. The lowest BCUT2D eigenvalue weighted by Gasteiger charge is -2.09. The molecule has 0 unspecified atom stereocenters. The van der Waals surface area contributed by atoms with E-state index in [1.165, 1.54) is 18.6 Å². The molecule has 5 nitrogen and oxygen atoms in total. The zero-order valence-corrected chi connectivity index (χ0v) is 20.6. The van der Waals surface area contributed by atoms with E-state index in [-0.39, 0.29) is 18.1 Å². The Labute approximate surface area is 199 Å². The number of nitrogens with one attached hydrogen (secondary N) is 2. The number of rotatable bonds is 4. The second kappa shape index (κ2) is 16.2. The van der Waals surface area contributed by atoms with Gasteiger partial charge in [-0.2, -0.15) is 13.2 Å². The van der Waals surface area contributed by atoms with Crippen LogP contribution in [0.3, 0.4) is 0 Å². The van der Waals surface area contributed by atoms with E-state index >= 15 is 0 Å². The summed E-state index contributed by atoms with van der Waals surface area (Å²) in [6.45, 7) is 12.3. The van der Waals surface area contributed by atoms with Crippen LogP contribution < -0.4 is 10.9 Å². The zero-order valence-electron chi connectivity index (χ0n) is 20.6. The molecule has 0 fully saturated rings. The molecule has 8 heteroatoms. The number of aromatic nitrogens is 2. The summed E-state index contributed by atoms with van der Waals surface area (Å²) in [7, 11) is 0. The Balaban J connectivity index is 0.00000141. The number of carbonyl (C=O) groups is 1. The molecule has 3 rings (SSSR count). The molecule has 0 aliphatic heterocycles. The number of H-pyrrole nitrogens is 1. The molecule has 0 bridgehead atoms. The highest BCUT2D eigenvalue weighted by Crippen LogP contribution is 2.29. The Morgan fingerprint density at radius 2 is 1.47 bits per heavy atom. The van der Waals surface area contributed by atoms with Crippen LogP contribution >= 0.6 is 0 Å². The number of hydrogen-bond donors (Lipinski definition) is 2. The Morgan fingerprint density at radius 3 is 1.97 bits per heavy atom. The van der Waals surface area contributed by atoms with E-state index in [9.17, 15) is 22.8 Å². The second-order valence-corrected chi connectivity index (χ2v) is 6.43. The van der Waals surface area contributed by atoms with Crippen molar-refractivity contribution >= 4 is 5.91 Å². The van der Waals surface area contributed by atoms with Crippen molar-refractivity contribution in [1.29, 1.82) is 0 Å². The van der Waals surface area contributed by atoms with Gasteiger partial charge in [0.25, 0.3) is 11.5 Å². The fraction of sp³-hybridized carbons (Fsp3) is 0.346. The molecule has 0 saturated heterocycles. The largest absolute Gasteiger partial charge is 0.416 e. The Kier molecular flexibility index (Phi) is 14.6. The van der Waals surface area contributed by atoms with Gasteiger partial charge in [-0.25, -0.2) is 4.98 Å². The van der Waals surface area contributed by atoms with Crippen molar-refractivity contribution in [1.82, 2.24) is 15.3 Å². The van der Waals surface area contributed by atoms with Crippen LogP contribution in [0.25, 0.3) is 11.4 Å². The molecular weight excluding hydrogens is 443 g/mol. The van der Waals surface area contributed by atoms with E-state index in [0.29, 0.717) is 11.1 Å². The molecular formula is C26H34F3N3O2. The van der Waals surface area contributed by atoms with Crippen LogP contribution in [-0.4, -0.2) is 15.9 Å². The minimum atomic E-state index is -4.41. The number of alkyl halides is 3. The van der Waals surface area contributed by atoms with E-state index in [4.69, 9.17) is 0 Å². The lowest BCUT2D eigenvalue weighted by Crippen LogP contribution is -2.26. The highest BCUT2D eigenvalue weighted by atomic mass is 19.4.